The van der Waals surface area contributed by atoms with Gasteiger partial charge >= 0.3 is 0 Å². The molecule has 0 spiro atoms. The van der Waals surface area contributed by atoms with E-state index >= 15 is 0 Å². The maximum absolute atomic E-state index is 6.07. The molecule has 2 aromatic heterocycles. The molecule has 2 heterocycles. The minimum Gasteiger partial charge on any atom is -0.399 e. The number of ether oxygens (including phenoxy) is 2. The molecule has 0 amide bonds. The molecule has 0 aliphatic heterocycles. The molecule has 7 N–H and O–H groups in total. The molecule has 0 atom stereocenters. The molecule has 0 bridgehead atoms. The Bertz CT molecular complexity index is 1530. The van der Waals surface area contributed by atoms with Crippen LogP contribution in [0.5, 0.6) is 0 Å². The molecule has 5 rings (SSSR count). The SMILES string of the molecule is CCOC(CN=C(N)Nc1ccc2nc(-c3ccc(-c4nc5ccc(N)cc5[nH]4)cc3)[nH]c2c1)OCC. The van der Waals surface area contributed by atoms with Crippen molar-refractivity contribution in [3.8, 4) is 22.8 Å². The van der Waals surface area contributed by atoms with Crippen LogP contribution in [0.4, 0.5) is 11.4 Å². The molecular weight excluding hydrogens is 468 g/mol. The minimum absolute atomic E-state index is 0.285. The molecule has 0 aliphatic rings. The van der Waals surface area contributed by atoms with Gasteiger partial charge in [0.25, 0.3) is 0 Å². The fourth-order valence-corrected chi connectivity index (χ4v) is 4.06. The monoisotopic (exact) mass is 498 g/mol. The van der Waals surface area contributed by atoms with Crippen LogP contribution in [0.2, 0.25) is 0 Å². The predicted molar refractivity (Wildman–Crippen MR) is 148 cm³/mol. The van der Waals surface area contributed by atoms with Gasteiger partial charge in [-0.15, -0.1) is 0 Å². The summed E-state index contributed by atoms with van der Waals surface area (Å²) in [6.07, 6.45) is -0.412. The number of hydrogen-bond acceptors (Lipinski definition) is 6. The van der Waals surface area contributed by atoms with Crippen LogP contribution < -0.4 is 16.8 Å². The molecule has 10 heteroatoms. The second-order valence-corrected chi connectivity index (χ2v) is 8.45. The minimum atomic E-state index is -0.412. The van der Waals surface area contributed by atoms with Gasteiger partial charge < -0.3 is 36.2 Å². The smallest absolute Gasteiger partial charge is 0.193 e. The number of nitrogens with two attached hydrogens (primary N) is 2. The first kappa shape index (κ1) is 24.3. The van der Waals surface area contributed by atoms with Crippen molar-refractivity contribution in [3.05, 3.63) is 60.7 Å². The van der Waals surface area contributed by atoms with Gasteiger partial charge in [0.15, 0.2) is 12.2 Å². The average molecular weight is 499 g/mol. The zero-order valence-corrected chi connectivity index (χ0v) is 20.8. The number of fused-ring (bicyclic) bond motifs is 2. The van der Waals surface area contributed by atoms with Crippen LogP contribution in [-0.4, -0.2) is 51.9 Å². The highest BCUT2D eigenvalue weighted by molar-refractivity contribution is 5.94. The summed E-state index contributed by atoms with van der Waals surface area (Å²) in [5.74, 6) is 1.85. The van der Waals surface area contributed by atoms with Crippen LogP contribution in [0.1, 0.15) is 13.8 Å². The summed E-state index contributed by atoms with van der Waals surface area (Å²) in [6.45, 7) is 5.23. The summed E-state index contributed by atoms with van der Waals surface area (Å²) in [5, 5.41) is 3.11. The number of anilines is 2. The molecule has 190 valence electrons. The van der Waals surface area contributed by atoms with E-state index in [1.165, 1.54) is 0 Å². The van der Waals surface area contributed by atoms with Crippen molar-refractivity contribution in [1.82, 2.24) is 19.9 Å². The van der Waals surface area contributed by atoms with E-state index in [4.69, 9.17) is 25.9 Å². The highest BCUT2D eigenvalue weighted by Gasteiger charge is 2.10. The molecule has 10 nitrogen and oxygen atoms in total. The maximum Gasteiger partial charge on any atom is 0.193 e. The average Bonchev–Trinajstić information content (AvgIpc) is 3.51. The Kier molecular flexibility index (Phi) is 7.02. The fourth-order valence-electron chi connectivity index (χ4n) is 4.06. The normalized spacial score (nSPS) is 12.1. The Morgan fingerprint density at radius 2 is 1.43 bits per heavy atom. The Morgan fingerprint density at radius 3 is 2.03 bits per heavy atom. The number of H-pyrrole nitrogens is 2. The van der Waals surface area contributed by atoms with E-state index in [0.717, 1.165) is 50.5 Å². The zero-order valence-electron chi connectivity index (χ0n) is 20.8. The Morgan fingerprint density at radius 1 is 0.865 bits per heavy atom. The molecule has 0 saturated carbocycles. The number of imidazole rings is 2. The number of benzene rings is 3. The lowest BCUT2D eigenvalue weighted by molar-refractivity contribution is -0.128. The number of nitrogens with zero attached hydrogens (tertiary/aromatic N) is 3. The van der Waals surface area contributed by atoms with Crippen LogP contribution >= 0.6 is 0 Å². The fraction of sp³-hybridized carbons (Fsp3) is 0.222. The van der Waals surface area contributed by atoms with Crippen molar-refractivity contribution in [2.75, 3.05) is 30.8 Å². The Labute approximate surface area is 214 Å². The lowest BCUT2D eigenvalue weighted by atomic mass is 10.1. The summed E-state index contributed by atoms with van der Waals surface area (Å²) >= 11 is 0. The number of guanidine groups is 1. The van der Waals surface area contributed by atoms with Crippen LogP contribution in [0, 0.1) is 0 Å². The van der Waals surface area contributed by atoms with Crippen molar-refractivity contribution < 1.29 is 9.47 Å². The first-order valence-corrected chi connectivity index (χ1v) is 12.2. The van der Waals surface area contributed by atoms with Crippen molar-refractivity contribution >= 4 is 39.4 Å². The highest BCUT2D eigenvalue weighted by Crippen LogP contribution is 2.26. The Hall–Kier alpha value is -4.41. The van der Waals surface area contributed by atoms with Gasteiger partial charge in [0.05, 0.1) is 28.6 Å². The molecule has 0 saturated heterocycles. The van der Waals surface area contributed by atoms with Crippen molar-refractivity contribution in [2.45, 2.75) is 20.1 Å². The maximum atomic E-state index is 6.07. The predicted octanol–water partition coefficient (Wildman–Crippen LogP) is 4.48. The van der Waals surface area contributed by atoms with Gasteiger partial charge in [-0.05, 0) is 50.2 Å². The van der Waals surface area contributed by atoms with Crippen molar-refractivity contribution in [2.24, 2.45) is 10.7 Å². The van der Waals surface area contributed by atoms with E-state index in [1.807, 2.05) is 74.5 Å². The van der Waals surface area contributed by atoms with Gasteiger partial charge in [-0.1, -0.05) is 24.3 Å². The van der Waals surface area contributed by atoms with Gasteiger partial charge in [0, 0.05) is 35.7 Å². The lowest BCUT2D eigenvalue weighted by Gasteiger charge is -2.15. The number of aliphatic imine (C=N–C) groups is 1. The molecular formula is C27H30N8O2. The molecule has 3 aromatic carbocycles. The molecule has 5 aromatic rings. The van der Waals surface area contributed by atoms with Crippen LogP contribution in [0.3, 0.4) is 0 Å². The second kappa shape index (κ2) is 10.7. The first-order valence-electron chi connectivity index (χ1n) is 12.2. The number of aromatic amines is 2. The van der Waals surface area contributed by atoms with Gasteiger partial charge in [-0.3, -0.25) is 0 Å². The summed E-state index contributed by atoms with van der Waals surface area (Å²) in [6, 6.07) is 19.5. The Balaban J connectivity index is 1.30. The molecule has 0 aliphatic carbocycles. The van der Waals surface area contributed by atoms with Crippen LogP contribution in [-0.2, 0) is 9.47 Å². The molecule has 0 fully saturated rings. The topological polar surface area (TPSA) is 152 Å². The van der Waals surface area contributed by atoms with E-state index < -0.39 is 6.29 Å². The number of hydrogen-bond donors (Lipinski definition) is 5. The number of aromatic nitrogens is 4. The zero-order chi connectivity index (χ0) is 25.8. The lowest BCUT2D eigenvalue weighted by Crippen LogP contribution is -2.27. The third-order valence-electron chi connectivity index (χ3n) is 5.81. The van der Waals surface area contributed by atoms with Crippen molar-refractivity contribution in [1.29, 1.82) is 0 Å². The van der Waals surface area contributed by atoms with E-state index in [0.29, 0.717) is 25.4 Å². The molecule has 0 radical (unpaired) electrons. The first-order chi connectivity index (χ1) is 18.0. The quantitative estimate of drug-likeness (QED) is 0.0869. The van der Waals surface area contributed by atoms with E-state index in [2.05, 4.69) is 25.3 Å². The highest BCUT2D eigenvalue weighted by atomic mass is 16.7. The van der Waals surface area contributed by atoms with Crippen LogP contribution in [0.15, 0.2) is 65.7 Å². The number of nitrogens with one attached hydrogen (secondary N) is 3. The van der Waals surface area contributed by atoms with E-state index in [1.54, 1.807) is 0 Å². The summed E-state index contributed by atoms with van der Waals surface area (Å²) in [7, 11) is 0. The largest absolute Gasteiger partial charge is 0.399 e. The van der Waals surface area contributed by atoms with Gasteiger partial charge in [0.2, 0.25) is 0 Å². The number of rotatable bonds is 9. The molecule has 0 unspecified atom stereocenters. The van der Waals surface area contributed by atoms with E-state index in [9.17, 15) is 0 Å². The van der Waals surface area contributed by atoms with E-state index in [-0.39, 0.29) is 5.96 Å². The summed E-state index contributed by atoms with van der Waals surface area (Å²) in [5.41, 5.74) is 18.9. The van der Waals surface area contributed by atoms with Crippen molar-refractivity contribution in [3.63, 3.8) is 0 Å². The summed E-state index contributed by atoms with van der Waals surface area (Å²) < 4.78 is 11.0. The standard InChI is InChI=1S/C27H30N8O2/c1-3-36-24(37-4-2)15-30-27(29)31-19-10-12-21-23(14-19)35-26(33-21)17-7-5-16(6-8-17)25-32-20-11-9-18(28)13-22(20)34-25/h5-14,24H,3-4,15,28H2,1-2H3,(H,32,34)(H,33,35)(H3,29,30,31). The summed E-state index contributed by atoms with van der Waals surface area (Å²) in [4.78, 5) is 20.4. The van der Waals surface area contributed by atoms with Gasteiger partial charge in [0.1, 0.15) is 11.6 Å². The van der Waals surface area contributed by atoms with Crippen LogP contribution in [0.25, 0.3) is 44.8 Å². The third kappa shape index (κ3) is 5.55. The molecule has 37 heavy (non-hydrogen) atoms. The third-order valence-corrected chi connectivity index (χ3v) is 5.81. The van der Waals surface area contributed by atoms with Gasteiger partial charge in [-0.25, -0.2) is 15.0 Å². The number of nitrogen functional groups attached to an aromatic ring is 1. The van der Waals surface area contributed by atoms with Gasteiger partial charge in [-0.2, -0.15) is 0 Å². The second-order valence-electron chi connectivity index (χ2n) is 8.45.